The fourth-order valence-electron chi connectivity index (χ4n) is 2.76. The molecule has 8 N–H and O–H groups in total. The van der Waals surface area contributed by atoms with Gasteiger partial charge in [-0.25, -0.2) is 5.09 Å². The van der Waals surface area contributed by atoms with E-state index in [1.165, 1.54) is 0 Å². The second kappa shape index (κ2) is 15.3. The second-order valence-electron chi connectivity index (χ2n) is 6.39. The highest BCUT2D eigenvalue weighted by Crippen LogP contribution is 2.79. The molecule has 1 fully saturated rings. The van der Waals surface area contributed by atoms with Crippen LogP contribution >= 0.6 is 81.1 Å². The smallest absolute Gasteiger partial charge is 0.221 e. The molecule has 0 aromatic heterocycles. The highest BCUT2D eigenvalue weighted by atomic mass is 32.7. The van der Waals surface area contributed by atoms with E-state index in [0.717, 1.165) is 49.2 Å². The summed E-state index contributed by atoms with van der Waals surface area (Å²) in [5, 5.41) is 21.3. The Hall–Kier alpha value is 2.30. The molecule has 176 valence electrons. The average molecular weight is 572 g/mol. The van der Waals surface area contributed by atoms with Crippen molar-refractivity contribution >= 4 is 81.1 Å². The van der Waals surface area contributed by atoms with Crippen molar-refractivity contribution < 1.29 is 0 Å². The number of hydrogen-bond acceptors (Lipinski definition) is 13. The lowest BCUT2D eigenvalue weighted by Gasteiger charge is -2.39. The first-order valence-electron chi connectivity index (χ1n) is 9.70. The Labute approximate surface area is 205 Å². The first kappa shape index (κ1) is 28.5. The van der Waals surface area contributed by atoms with E-state index < -0.39 is 22.6 Å². The fraction of sp³-hybridized carbons (Fsp3) is 0.857. The van der Waals surface area contributed by atoms with Crippen LogP contribution in [0.1, 0.15) is 0 Å². The molecule has 0 radical (unpaired) electrons. The van der Waals surface area contributed by atoms with E-state index in [1.807, 2.05) is 58.4 Å². The topological polar surface area (TPSA) is 96.2 Å². The van der Waals surface area contributed by atoms with Crippen molar-refractivity contribution in [2.45, 2.75) is 0 Å². The van der Waals surface area contributed by atoms with E-state index in [0.29, 0.717) is 0 Å². The van der Waals surface area contributed by atoms with E-state index in [4.69, 9.17) is 0 Å². The lowest BCUT2D eigenvalue weighted by molar-refractivity contribution is 0.849. The van der Waals surface area contributed by atoms with E-state index in [1.54, 1.807) is 0 Å². The monoisotopic (exact) mass is 571 g/mol. The number of hydrogen-bond donors (Lipinski definition) is 8. The highest BCUT2D eigenvalue weighted by molar-refractivity contribution is 8.64. The molecule has 0 saturated carbocycles. The third-order valence-electron chi connectivity index (χ3n) is 4.05. The maximum atomic E-state index is 4.03. The molecule has 0 bridgehead atoms. The molecule has 2 rings (SSSR count). The van der Waals surface area contributed by atoms with Crippen LogP contribution in [-0.2, 0) is 0 Å². The number of thioether (sulfide) groups is 4. The number of rotatable bonds is 16. The maximum absolute atomic E-state index is 4.03. The summed E-state index contributed by atoms with van der Waals surface area (Å²) in [5.41, 5.74) is 0. The molecule has 0 amide bonds. The van der Waals surface area contributed by atoms with Crippen molar-refractivity contribution in [3.05, 3.63) is 11.6 Å². The maximum Gasteiger partial charge on any atom is 0.387 e. The Bertz CT molecular complexity index is 462. The summed E-state index contributed by atoms with van der Waals surface area (Å²) in [6, 6.07) is 0. The van der Waals surface area contributed by atoms with Crippen LogP contribution in [0.4, 0.5) is 0 Å². The van der Waals surface area contributed by atoms with Gasteiger partial charge in [-0.3, -0.25) is 0 Å². The molecular weight excluding hydrogens is 533 g/mol. The Balaban J connectivity index is 2.29. The summed E-state index contributed by atoms with van der Waals surface area (Å²) < 4.78 is 0. The average Bonchev–Trinajstić information content (AvgIpc) is 3.15. The Morgan fingerprint density at radius 1 is 0.667 bits per heavy atom. The molecule has 0 aromatic carbocycles. The molecule has 1 saturated heterocycles. The van der Waals surface area contributed by atoms with Gasteiger partial charge in [0.05, 0.1) is 0 Å². The van der Waals surface area contributed by atoms with Gasteiger partial charge >= 0.3 is 22.6 Å². The van der Waals surface area contributed by atoms with E-state index in [-0.39, 0.29) is 0 Å². The van der Waals surface area contributed by atoms with Crippen LogP contribution in [-0.4, -0.2) is 74.2 Å². The van der Waals surface area contributed by atoms with Gasteiger partial charge in [-0.15, -0.1) is 20.3 Å². The fourth-order valence-corrected chi connectivity index (χ4v) is 21.5. The van der Waals surface area contributed by atoms with Crippen molar-refractivity contribution in [2.24, 2.45) is 0 Å². The molecule has 16 heteroatoms. The van der Waals surface area contributed by atoms with Crippen LogP contribution in [0, 0.1) is 0 Å². The van der Waals surface area contributed by atoms with Crippen molar-refractivity contribution in [1.82, 2.24) is 40.0 Å². The van der Waals surface area contributed by atoms with Crippen molar-refractivity contribution in [3.8, 4) is 0 Å². The Morgan fingerprint density at radius 2 is 1.07 bits per heavy atom. The van der Waals surface area contributed by atoms with Gasteiger partial charge in [0.1, 0.15) is 11.4 Å². The molecule has 30 heavy (non-hydrogen) atoms. The number of nitrogens with one attached hydrogen (secondary N) is 8. The van der Waals surface area contributed by atoms with Gasteiger partial charge < -0.3 is 0 Å². The summed E-state index contributed by atoms with van der Waals surface area (Å²) >= 11 is 9.36. The van der Waals surface area contributed by atoms with E-state index in [2.05, 4.69) is 76.6 Å². The molecular formula is C14H38N8P3S5+3. The zero-order valence-corrected chi connectivity index (χ0v) is 25.0. The van der Waals surface area contributed by atoms with Gasteiger partial charge in [0.15, 0.2) is 0 Å². The largest absolute Gasteiger partial charge is 0.387 e. The van der Waals surface area contributed by atoms with Gasteiger partial charge in [0.2, 0.25) is 0 Å². The normalized spacial score (nSPS) is 21.2. The van der Waals surface area contributed by atoms with Gasteiger partial charge in [0, 0.05) is 75.4 Å². The van der Waals surface area contributed by atoms with E-state index >= 15 is 0 Å². The summed E-state index contributed by atoms with van der Waals surface area (Å²) in [6.07, 6.45) is 10.7. The molecule has 2 aliphatic rings. The van der Waals surface area contributed by atoms with Crippen LogP contribution in [0.15, 0.2) is 11.6 Å². The van der Waals surface area contributed by atoms with Crippen LogP contribution in [0.25, 0.3) is 0 Å². The second-order valence-corrected chi connectivity index (χ2v) is 20.9. The van der Waals surface area contributed by atoms with Crippen LogP contribution in [0.2, 0.25) is 0 Å². The van der Waals surface area contributed by atoms with Gasteiger partial charge in [0.25, 0.3) is 0 Å². The van der Waals surface area contributed by atoms with Crippen molar-refractivity contribution in [3.63, 3.8) is 0 Å². The third kappa shape index (κ3) is 9.16. The molecule has 0 atom stereocenters. The SMILES string of the molecule is CSCCN[P+]1(NCCSC)N[P+](NCCSC)(NCCSC)N[P+]2(NC=CS2)N1. The summed E-state index contributed by atoms with van der Waals surface area (Å²) in [5.74, 6) is 4.33. The zero-order chi connectivity index (χ0) is 21.8. The molecule has 0 aliphatic carbocycles. The van der Waals surface area contributed by atoms with Crippen LogP contribution in [0.5, 0.6) is 0 Å². The van der Waals surface area contributed by atoms with E-state index in [9.17, 15) is 0 Å². The van der Waals surface area contributed by atoms with Crippen molar-refractivity contribution in [2.75, 3.05) is 74.2 Å². The standard InChI is InChI=1S/C14H38N8P3S5/c1-26-10-5-15-23(16-6-11-27-2)20-24(17-7-12-28-3,18-8-13-29-4)22-25(21-23)19-9-14-30-25/h9,14-22H,5-8,10-13H2,1-4H3/q+3. The van der Waals surface area contributed by atoms with Gasteiger partial charge in [-0.05, 0) is 25.0 Å². The third-order valence-corrected chi connectivity index (χ3v) is 20.5. The lowest BCUT2D eigenvalue weighted by Crippen LogP contribution is -2.59. The first-order valence-corrected chi connectivity index (χ1v) is 22.1. The molecule has 2 heterocycles. The lowest BCUT2D eigenvalue weighted by atomic mass is 10.8. The summed E-state index contributed by atoms with van der Waals surface area (Å²) in [6.45, 7) is 1.95. The minimum Gasteiger partial charge on any atom is -0.221 e. The molecule has 0 unspecified atom stereocenters. The quantitative estimate of drug-likeness (QED) is 0.103. The predicted octanol–water partition coefficient (Wildman–Crippen LogP) is 3.42. The molecule has 8 nitrogen and oxygen atoms in total. The van der Waals surface area contributed by atoms with Gasteiger partial charge in [-0.1, -0.05) is 0 Å². The minimum atomic E-state index is -2.04. The predicted molar refractivity (Wildman–Crippen MR) is 156 cm³/mol. The Kier molecular flexibility index (Phi) is 14.6. The van der Waals surface area contributed by atoms with Gasteiger partial charge in [-0.2, -0.15) is 47.0 Å². The first-order chi connectivity index (χ1) is 14.6. The summed E-state index contributed by atoms with van der Waals surface area (Å²) in [4.78, 5) is 12.0. The minimum absolute atomic E-state index is 0.953. The Morgan fingerprint density at radius 3 is 1.37 bits per heavy atom. The van der Waals surface area contributed by atoms with Crippen LogP contribution < -0.4 is 40.0 Å². The zero-order valence-electron chi connectivity index (χ0n) is 18.2. The van der Waals surface area contributed by atoms with Crippen LogP contribution in [0.3, 0.4) is 0 Å². The molecule has 0 aromatic rings. The van der Waals surface area contributed by atoms with Crippen molar-refractivity contribution in [1.29, 1.82) is 0 Å². The molecule has 2 aliphatic heterocycles. The highest BCUT2D eigenvalue weighted by Gasteiger charge is 2.73. The molecule has 1 spiro atoms. The summed E-state index contributed by atoms with van der Waals surface area (Å²) in [7, 11) is -4.07.